The Bertz CT molecular complexity index is 486. The number of hydrogen-bond donors (Lipinski definition) is 2. The third kappa shape index (κ3) is 3.25. The first kappa shape index (κ1) is 14.7. The molecule has 1 unspecified atom stereocenters. The summed E-state index contributed by atoms with van der Waals surface area (Å²) in [5.41, 5.74) is -0.321. The molecule has 0 amide bonds. The van der Waals surface area contributed by atoms with Gasteiger partial charge >= 0.3 is 5.97 Å². The van der Waals surface area contributed by atoms with Crippen LogP contribution in [-0.4, -0.2) is 32.2 Å². The highest BCUT2D eigenvalue weighted by Gasteiger charge is 2.21. The number of rotatable bonds is 3. The molecule has 0 aliphatic carbocycles. The van der Waals surface area contributed by atoms with E-state index in [2.05, 4.69) is 15.4 Å². The molecule has 0 bridgehead atoms. The van der Waals surface area contributed by atoms with Crippen molar-refractivity contribution in [3.8, 4) is 0 Å². The van der Waals surface area contributed by atoms with Gasteiger partial charge in [0, 0.05) is 12.6 Å². The fraction of sp³-hybridized carbons (Fsp3) is 0.500. The summed E-state index contributed by atoms with van der Waals surface area (Å²) in [6, 6.07) is 2.65. The molecular weight excluding hydrogens is 266 g/mol. The zero-order chi connectivity index (χ0) is 14.5. The van der Waals surface area contributed by atoms with Crippen molar-refractivity contribution in [3.63, 3.8) is 0 Å². The van der Waals surface area contributed by atoms with Crippen molar-refractivity contribution in [1.82, 2.24) is 5.32 Å². The number of ether oxygens (including phenoxy) is 1. The third-order valence-electron chi connectivity index (χ3n) is 3.39. The van der Waals surface area contributed by atoms with Crippen molar-refractivity contribution in [2.75, 3.05) is 25.5 Å². The minimum Gasteiger partial charge on any atom is -0.465 e. The Balaban J connectivity index is 2.16. The number of halogens is 2. The Morgan fingerprint density at radius 3 is 2.90 bits per heavy atom. The van der Waals surface area contributed by atoms with Crippen LogP contribution in [0.5, 0.6) is 0 Å². The van der Waals surface area contributed by atoms with E-state index in [1.54, 1.807) is 0 Å². The number of anilines is 1. The summed E-state index contributed by atoms with van der Waals surface area (Å²) in [5, 5.41) is 6.22. The van der Waals surface area contributed by atoms with Gasteiger partial charge in [-0.3, -0.25) is 0 Å². The van der Waals surface area contributed by atoms with E-state index in [0.717, 1.165) is 32.9 Å². The topological polar surface area (TPSA) is 50.4 Å². The van der Waals surface area contributed by atoms with Crippen molar-refractivity contribution in [2.45, 2.75) is 25.3 Å². The molecule has 110 valence electrons. The van der Waals surface area contributed by atoms with Gasteiger partial charge in [-0.1, -0.05) is 6.42 Å². The number of benzene rings is 1. The van der Waals surface area contributed by atoms with Gasteiger partial charge in [0.2, 0.25) is 0 Å². The van der Waals surface area contributed by atoms with Crippen LogP contribution in [0.25, 0.3) is 0 Å². The van der Waals surface area contributed by atoms with E-state index >= 15 is 0 Å². The largest absolute Gasteiger partial charge is 0.465 e. The van der Waals surface area contributed by atoms with Crippen molar-refractivity contribution in [3.05, 3.63) is 29.3 Å². The van der Waals surface area contributed by atoms with Crippen LogP contribution in [0.4, 0.5) is 14.5 Å². The standard InChI is InChI=1S/C14H18F2N2O2/c1-20-14(19)10-5-6-11(13(16)12(10)15)18-9-4-2-3-7-17-8-9/h5-6,9,17-18H,2-4,7-8H2,1H3. The summed E-state index contributed by atoms with van der Waals surface area (Å²) in [4.78, 5) is 11.3. The smallest absolute Gasteiger partial charge is 0.340 e. The zero-order valence-electron chi connectivity index (χ0n) is 11.3. The molecule has 1 aliphatic heterocycles. The number of carbonyl (C=O) groups is 1. The van der Waals surface area contributed by atoms with E-state index in [-0.39, 0.29) is 11.7 Å². The van der Waals surface area contributed by atoms with Crippen molar-refractivity contribution >= 4 is 11.7 Å². The predicted octanol–water partition coefficient (Wildman–Crippen LogP) is 2.31. The Hall–Kier alpha value is -1.69. The van der Waals surface area contributed by atoms with Crippen LogP contribution in [-0.2, 0) is 4.74 Å². The maximum absolute atomic E-state index is 13.9. The Kier molecular flexibility index (Phi) is 4.89. The summed E-state index contributed by atoms with van der Waals surface area (Å²) >= 11 is 0. The van der Waals surface area contributed by atoms with Crippen LogP contribution in [0.2, 0.25) is 0 Å². The lowest BCUT2D eigenvalue weighted by molar-refractivity contribution is 0.0594. The molecule has 1 atom stereocenters. The molecule has 1 saturated heterocycles. The van der Waals surface area contributed by atoms with Crippen LogP contribution < -0.4 is 10.6 Å². The van der Waals surface area contributed by atoms with E-state index < -0.39 is 23.2 Å². The molecule has 1 aromatic rings. The Morgan fingerprint density at radius 1 is 1.35 bits per heavy atom. The SMILES string of the molecule is COC(=O)c1ccc(NC2CCCCNC2)c(F)c1F. The summed E-state index contributed by atoms with van der Waals surface area (Å²) < 4.78 is 32.2. The quantitative estimate of drug-likeness (QED) is 0.836. The fourth-order valence-corrected chi connectivity index (χ4v) is 2.29. The minimum absolute atomic E-state index is 0.0513. The average Bonchev–Trinajstić information content (AvgIpc) is 2.72. The van der Waals surface area contributed by atoms with Gasteiger partial charge in [-0.2, -0.15) is 0 Å². The molecule has 0 aromatic heterocycles. The lowest BCUT2D eigenvalue weighted by Gasteiger charge is -2.18. The molecule has 1 fully saturated rings. The first-order chi connectivity index (χ1) is 9.63. The maximum atomic E-state index is 13.9. The first-order valence-corrected chi connectivity index (χ1v) is 6.67. The summed E-state index contributed by atoms with van der Waals surface area (Å²) in [6.45, 7) is 1.65. The molecule has 2 rings (SSSR count). The Morgan fingerprint density at radius 2 is 2.15 bits per heavy atom. The molecule has 1 aromatic carbocycles. The van der Waals surface area contributed by atoms with Gasteiger partial charge in [0.1, 0.15) is 0 Å². The second-order valence-electron chi connectivity index (χ2n) is 4.82. The number of carbonyl (C=O) groups excluding carboxylic acids is 1. The normalized spacial score (nSPS) is 19.2. The molecule has 1 aliphatic rings. The van der Waals surface area contributed by atoms with Gasteiger partial charge in [0.15, 0.2) is 11.6 Å². The molecule has 1 heterocycles. The highest BCUT2D eigenvalue weighted by Crippen LogP contribution is 2.23. The number of esters is 1. The zero-order valence-corrected chi connectivity index (χ0v) is 11.3. The molecule has 6 heteroatoms. The number of methoxy groups -OCH3 is 1. The van der Waals surface area contributed by atoms with Gasteiger partial charge in [0.05, 0.1) is 18.4 Å². The lowest BCUT2D eigenvalue weighted by atomic mass is 10.1. The lowest BCUT2D eigenvalue weighted by Crippen LogP contribution is -2.31. The van der Waals surface area contributed by atoms with Crippen molar-refractivity contribution in [2.24, 2.45) is 0 Å². The summed E-state index contributed by atoms with van der Waals surface area (Å²) in [5.74, 6) is -3.11. The van der Waals surface area contributed by atoms with Crippen LogP contribution in [0.15, 0.2) is 12.1 Å². The number of hydrogen-bond acceptors (Lipinski definition) is 4. The molecular formula is C14H18F2N2O2. The minimum atomic E-state index is -1.18. The average molecular weight is 284 g/mol. The third-order valence-corrected chi connectivity index (χ3v) is 3.39. The fourth-order valence-electron chi connectivity index (χ4n) is 2.29. The highest BCUT2D eigenvalue weighted by atomic mass is 19.2. The second kappa shape index (κ2) is 6.65. The van der Waals surface area contributed by atoms with E-state index in [9.17, 15) is 13.6 Å². The monoisotopic (exact) mass is 284 g/mol. The van der Waals surface area contributed by atoms with Gasteiger partial charge in [0.25, 0.3) is 0 Å². The van der Waals surface area contributed by atoms with Crippen molar-refractivity contribution < 1.29 is 18.3 Å². The molecule has 0 radical (unpaired) electrons. The van der Waals surface area contributed by atoms with Crippen molar-refractivity contribution in [1.29, 1.82) is 0 Å². The number of nitrogens with one attached hydrogen (secondary N) is 2. The van der Waals surface area contributed by atoms with E-state index in [1.165, 1.54) is 12.1 Å². The van der Waals surface area contributed by atoms with Crippen LogP contribution >= 0.6 is 0 Å². The van der Waals surface area contributed by atoms with Crippen LogP contribution in [0, 0.1) is 11.6 Å². The van der Waals surface area contributed by atoms with E-state index in [4.69, 9.17) is 0 Å². The maximum Gasteiger partial charge on any atom is 0.340 e. The molecule has 0 saturated carbocycles. The molecule has 0 spiro atoms. The van der Waals surface area contributed by atoms with E-state index in [1.807, 2.05) is 0 Å². The van der Waals surface area contributed by atoms with Gasteiger partial charge in [-0.15, -0.1) is 0 Å². The highest BCUT2D eigenvalue weighted by molar-refractivity contribution is 5.90. The molecule has 20 heavy (non-hydrogen) atoms. The predicted molar refractivity (Wildman–Crippen MR) is 71.8 cm³/mol. The van der Waals surface area contributed by atoms with Gasteiger partial charge in [-0.25, -0.2) is 13.6 Å². The van der Waals surface area contributed by atoms with E-state index in [0.29, 0.717) is 6.54 Å². The summed E-state index contributed by atoms with van der Waals surface area (Å²) in [6.07, 6.45) is 3.01. The summed E-state index contributed by atoms with van der Waals surface area (Å²) in [7, 11) is 1.13. The van der Waals surface area contributed by atoms with Gasteiger partial charge < -0.3 is 15.4 Å². The second-order valence-corrected chi connectivity index (χ2v) is 4.82. The van der Waals surface area contributed by atoms with Gasteiger partial charge in [-0.05, 0) is 31.5 Å². The van der Waals surface area contributed by atoms with Crippen LogP contribution in [0.3, 0.4) is 0 Å². The Labute approximate surface area is 116 Å². The first-order valence-electron chi connectivity index (χ1n) is 6.67. The van der Waals surface area contributed by atoms with Crippen LogP contribution in [0.1, 0.15) is 29.6 Å². The molecule has 2 N–H and O–H groups in total. The molecule has 4 nitrogen and oxygen atoms in total.